The molecule has 30 heavy (non-hydrogen) atoms. The van der Waals surface area contributed by atoms with Gasteiger partial charge in [-0.15, -0.1) is 0 Å². The Balaban J connectivity index is 1.41. The molecule has 0 radical (unpaired) electrons. The first-order chi connectivity index (χ1) is 14.4. The van der Waals surface area contributed by atoms with Crippen molar-refractivity contribution in [1.29, 1.82) is 0 Å². The molecule has 9 nitrogen and oxygen atoms in total. The van der Waals surface area contributed by atoms with Gasteiger partial charge >= 0.3 is 6.03 Å². The molecule has 0 aromatic heterocycles. The molecule has 0 aliphatic carbocycles. The fourth-order valence-electron chi connectivity index (χ4n) is 3.39. The molecule has 2 aliphatic rings. The molecule has 1 saturated heterocycles. The smallest absolute Gasteiger partial charge is 0.325 e. The van der Waals surface area contributed by atoms with Gasteiger partial charge in [0.15, 0.2) is 11.5 Å². The van der Waals surface area contributed by atoms with Crippen molar-refractivity contribution in [3.8, 4) is 17.2 Å². The Labute approximate surface area is 172 Å². The minimum absolute atomic E-state index is 0.107. The molecule has 0 saturated carbocycles. The summed E-state index contributed by atoms with van der Waals surface area (Å²) < 4.78 is 15.7. The van der Waals surface area contributed by atoms with Crippen LogP contribution in [0.1, 0.15) is 18.1 Å². The number of amides is 4. The van der Waals surface area contributed by atoms with Crippen molar-refractivity contribution in [3.05, 3.63) is 53.6 Å². The van der Waals surface area contributed by atoms with E-state index in [2.05, 4.69) is 10.6 Å². The minimum atomic E-state index is -1.30. The van der Waals surface area contributed by atoms with Crippen LogP contribution in [-0.4, -0.2) is 43.2 Å². The highest BCUT2D eigenvalue weighted by Crippen LogP contribution is 2.37. The maximum atomic E-state index is 13.0. The molecule has 2 aromatic rings. The van der Waals surface area contributed by atoms with E-state index in [1.807, 2.05) is 12.1 Å². The molecule has 0 spiro atoms. The summed E-state index contributed by atoms with van der Waals surface area (Å²) in [5.41, 5.74) is 0.117. The third-order valence-corrected chi connectivity index (χ3v) is 5.18. The molecule has 1 fully saturated rings. The fourth-order valence-corrected chi connectivity index (χ4v) is 3.39. The summed E-state index contributed by atoms with van der Waals surface area (Å²) in [4.78, 5) is 38.7. The van der Waals surface area contributed by atoms with Crippen LogP contribution in [0.3, 0.4) is 0 Å². The lowest BCUT2D eigenvalue weighted by Gasteiger charge is -2.22. The van der Waals surface area contributed by atoms with Crippen molar-refractivity contribution in [2.24, 2.45) is 0 Å². The predicted molar refractivity (Wildman–Crippen MR) is 105 cm³/mol. The lowest BCUT2D eigenvalue weighted by atomic mass is 9.91. The van der Waals surface area contributed by atoms with Gasteiger partial charge in [0.1, 0.15) is 17.8 Å². The largest absolute Gasteiger partial charge is 0.497 e. The summed E-state index contributed by atoms with van der Waals surface area (Å²) in [7, 11) is 1.58. The zero-order chi connectivity index (χ0) is 21.3. The van der Waals surface area contributed by atoms with E-state index in [4.69, 9.17) is 14.2 Å². The number of fused-ring (bicyclic) bond motifs is 1. The summed E-state index contributed by atoms with van der Waals surface area (Å²) in [6, 6.07) is 11.6. The molecule has 4 amide bonds. The van der Waals surface area contributed by atoms with Crippen LogP contribution in [0.5, 0.6) is 17.2 Å². The number of rotatable bonds is 6. The molecule has 1 atom stereocenters. The van der Waals surface area contributed by atoms with E-state index < -0.39 is 23.4 Å². The number of nitrogens with one attached hydrogen (secondary N) is 2. The fraction of sp³-hybridized carbons (Fsp3) is 0.286. The Morgan fingerprint density at radius 1 is 1.17 bits per heavy atom. The van der Waals surface area contributed by atoms with Crippen LogP contribution in [-0.2, 0) is 21.7 Å². The number of ether oxygens (including phenoxy) is 3. The second kappa shape index (κ2) is 7.58. The van der Waals surface area contributed by atoms with E-state index in [1.54, 1.807) is 44.4 Å². The normalized spacial score (nSPS) is 19.6. The van der Waals surface area contributed by atoms with Crippen molar-refractivity contribution in [1.82, 2.24) is 15.5 Å². The lowest BCUT2D eigenvalue weighted by Crippen LogP contribution is -2.43. The van der Waals surface area contributed by atoms with Gasteiger partial charge in [0, 0.05) is 6.54 Å². The summed E-state index contributed by atoms with van der Waals surface area (Å²) >= 11 is 0. The van der Waals surface area contributed by atoms with Gasteiger partial charge in [0.2, 0.25) is 12.7 Å². The van der Waals surface area contributed by atoms with Crippen LogP contribution >= 0.6 is 0 Å². The highest BCUT2D eigenvalue weighted by Gasteiger charge is 2.49. The van der Waals surface area contributed by atoms with Gasteiger partial charge < -0.3 is 24.8 Å². The van der Waals surface area contributed by atoms with Gasteiger partial charge in [0.25, 0.3) is 5.91 Å². The number of imide groups is 1. The van der Waals surface area contributed by atoms with Crippen LogP contribution in [0, 0.1) is 0 Å². The van der Waals surface area contributed by atoms with E-state index in [-0.39, 0.29) is 19.9 Å². The van der Waals surface area contributed by atoms with E-state index in [9.17, 15) is 14.4 Å². The topological polar surface area (TPSA) is 106 Å². The Morgan fingerprint density at radius 2 is 1.90 bits per heavy atom. The standard InChI is InChI=1S/C21H21N3O6/c1-21(14-5-8-16-17(9-14)30-12-29-16)19(26)24(20(27)23-21)11-18(25)22-10-13-3-6-15(28-2)7-4-13/h3-9H,10-12H2,1-2H3,(H,22,25)(H,23,27)/t21-/m0/s1. The number of nitrogens with zero attached hydrogens (tertiary/aromatic N) is 1. The maximum absolute atomic E-state index is 13.0. The zero-order valence-corrected chi connectivity index (χ0v) is 16.6. The van der Waals surface area contributed by atoms with Gasteiger partial charge in [-0.1, -0.05) is 18.2 Å². The Morgan fingerprint density at radius 3 is 2.63 bits per heavy atom. The van der Waals surface area contributed by atoms with Crippen LogP contribution in [0.15, 0.2) is 42.5 Å². The number of hydrogen-bond donors (Lipinski definition) is 2. The third kappa shape index (κ3) is 3.49. The van der Waals surface area contributed by atoms with Crippen molar-refractivity contribution >= 4 is 17.8 Å². The Bertz CT molecular complexity index is 1010. The molecule has 4 rings (SSSR count). The van der Waals surface area contributed by atoms with Crippen LogP contribution < -0.4 is 24.8 Å². The second-order valence-corrected chi connectivity index (χ2v) is 7.14. The maximum Gasteiger partial charge on any atom is 0.325 e. The summed E-state index contributed by atoms with van der Waals surface area (Å²) in [5.74, 6) is 0.850. The van der Waals surface area contributed by atoms with Crippen molar-refractivity contribution in [3.63, 3.8) is 0 Å². The molecular weight excluding hydrogens is 390 g/mol. The quantitative estimate of drug-likeness (QED) is 0.698. The van der Waals surface area contributed by atoms with Crippen molar-refractivity contribution < 1.29 is 28.6 Å². The van der Waals surface area contributed by atoms with Gasteiger partial charge in [-0.3, -0.25) is 14.5 Å². The highest BCUT2D eigenvalue weighted by atomic mass is 16.7. The summed E-state index contributed by atoms with van der Waals surface area (Å²) in [6.07, 6.45) is 0. The number of benzene rings is 2. The van der Waals surface area contributed by atoms with Crippen LogP contribution in [0.4, 0.5) is 4.79 Å². The predicted octanol–water partition coefficient (Wildman–Crippen LogP) is 1.51. The second-order valence-electron chi connectivity index (χ2n) is 7.14. The molecular formula is C21H21N3O6. The van der Waals surface area contributed by atoms with E-state index in [1.165, 1.54) is 0 Å². The van der Waals surface area contributed by atoms with Gasteiger partial charge in [-0.2, -0.15) is 0 Å². The number of methoxy groups -OCH3 is 1. The molecule has 0 unspecified atom stereocenters. The monoisotopic (exact) mass is 411 g/mol. The van der Waals surface area contributed by atoms with E-state index in [0.717, 1.165) is 10.5 Å². The van der Waals surface area contributed by atoms with Gasteiger partial charge in [-0.05, 0) is 42.3 Å². The number of urea groups is 1. The molecule has 156 valence electrons. The first kappa shape index (κ1) is 19.6. The SMILES string of the molecule is COc1ccc(CNC(=O)CN2C(=O)N[C@@](C)(c3ccc4c(c3)OCO4)C2=O)cc1. The van der Waals surface area contributed by atoms with Crippen LogP contribution in [0.25, 0.3) is 0 Å². The van der Waals surface area contributed by atoms with Crippen molar-refractivity contribution in [2.75, 3.05) is 20.4 Å². The van der Waals surface area contributed by atoms with E-state index >= 15 is 0 Å². The number of carbonyl (C=O) groups is 3. The van der Waals surface area contributed by atoms with Gasteiger partial charge in [-0.25, -0.2) is 4.79 Å². The lowest BCUT2D eigenvalue weighted by molar-refractivity contribution is -0.134. The minimum Gasteiger partial charge on any atom is -0.497 e. The number of carbonyl (C=O) groups excluding carboxylic acids is 3. The summed E-state index contributed by atoms with van der Waals surface area (Å²) in [5, 5.41) is 5.39. The molecule has 2 aliphatic heterocycles. The van der Waals surface area contributed by atoms with Crippen LogP contribution in [0.2, 0.25) is 0 Å². The first-order valence-electron chi connectivity index (χ1n) is 9.34. The Kier molecular flexibility index (Phi) is 4.94. The summed E-state index contributed by atoms with van der Waals surface area (Å²) in [6.45, 7) is 1.60. The third-order valence-electron chi connectivity index (χ3n) is 5.18. The van der Waals surface area contributed by atoms with Gasteiger partial charge in [0.05, 0.1) is 7.11 Å². The molecule has 2 aromatic carbocycles. The zero-order valence-electron chi connectivity index (χ0n) is 16.6. The molecule has 2 N–H and O–H groups in total. The average Bonchev–Trinajstić information content (AvgIpc) is 3.31. The van der Waals surface area contributed by atoms with E-state index in [0.29, 0.717) is 22.8 Å². The molecule has 0 bridgehead atoms. The first-order valence-corrected chi connectivity index (χ1v) is 9.34. The number of hydrogen-bond acceptors (Lipinski definition) is 6. The Hall–Kier alpha value is -3.75. The van der Waals surface area contributed by atoms with Crippen molar-refractivity contribution in [2.45, 2.75) is 19.0 Å². The molecule has 2 heterocycles. The highest BCUT2D eigenvalue weighted by molar-refractivity contribution is 6.09. The average molecular weight is 411 g/mol. The molecule has 9 heteroatoms.